The smallest absolute Gasteiger partial charge is 0.243 e. The number of hydrogen-bond donors (Lipinski definition) is 2. The number of nitrogens with one attached hydrogen (secondary N) is 1. The summed E-state index contributed by atoms with van der Waals surface area (Å²) < 4.78 is 29.1. The van der Waals surface area contributed by atoms with Crippen LogP contribution in [0.1, 0.15) is 24.0 Å². The second-order valence-corrected chi connectivity index (χ2v) is 10.6. The Hall–Kier alpha value is -2.77. The highest BCUT2D eigenvalue weighted by Gasteiger charge is 2.25. The second kappa shape index (κ2) is 11.1. The lowest BCUT2D eigenvalue weighted by Gasteiger charge is -2.24. The molecule has 0 aliphatic rings. The number of aryl methyl sites for hydroxylation is 1. The first-order valence-corrected chi connectivity index (χ1v) is 13.3. The molecule has 0 aliphatic heterocycles. The van der Waals surface area contributed by atoms with Crippen LogP contribution in [0.15, 0.2) is 83.8 Å². The Morgan fingerprint density at radius 1 is 0.824 bits per heavy atom. The Labute approximate surface area is 202 Å². The molecule has 0 radical (unpaired) electrons. The summed E-state index contributed by atoms with van der Waals surface area (Å²) in [6, 6.07) is 25.7. The van der Waals surface area contributed by atoms with Gasteiger partial charge in [-0.15, -0.1) is 0 Å². The van der Waals surface area contributed by atoms with Crippen molar-refractivity contribution in [3.8, 4) is 0 Å². The van der Waals surface area contributed by atoms with Crippen LogP contribution in [-0.2, 0) is 16.6 Å². The molecule has 0 unspecified atom stereocenters. The Kier molecular flexibility index (Phi) is 7.95. The third kappa shape index (κ3) is 5.47. The first-order chi connectivity index (χ1) is 16.5. The first-order valence-electron chi connectivity index (χ1n) is 11.9. The fraction of sp³-hybridized carbons (Fsp3) is 0.286. The fourth-order valence-electron chi connectivity index (χ4n) is 4.32. The SMILES string of the molecule is Cc1ccc(S(=O)(=O)N(CCNCCCCN)Cc2c3ccccc3cc3ccccc23)cc1. The number of unbranched alkanes of at least 4 members (excludes halogenated alkanes) is 1. The molecule has 0 atom stereocenters. The minimum Gasteiger partial charge on any atom is -0.330 e. The lowest BCUT2D eigenvalue weighted by atomic mass is 9.97. The van der Waals surface area contributed by atoms with E-state index in [-0.39, 0.29) is 0 Å². The van der Waals surface area contributed by atoms with Crippen molar-refractivity contribution in [2.75, 3.05) is 26.2 Å². The highest BCUT2D eigenvalue weighted by atomic mass is 32.2. The number of nitrogens with zero attached hydrogens (tertiary/aromatic N) is 1. The summed E-state index contributed by atoms with van der Waals surface area (Å²) in [5.41, 5.74) is 7.65. The van der Waals surface area contributed by atoms with Crippen molar-refractivity contribution in [2.45, 2.75) is 31.2 Å². The van der Waals surface area contributed by atoms with E-state index in [1.54, 1.807) is 16.4 Å². The molecule has 0 fully saturated rings. The van der Waals surface area contributed by atoms with Crippen molar-refractivity contribution in [3.05, 3.63) is 90.0 Å². The van der Waals surface area contributed by atoms with Gasteiger partial charge in [-0.1, -0.05) is 66.2 Å². The minimum atomic E-state index is -3.68. The number of benzene rings is 4. The van der Waals surface area contributed by atoms with Crippen LogP contribution in [0.4, 0.5) is 0 Å². The highest BCUT2D eigenvalue weighted by Crippen LogP contribution is 2.31. The molecule has 34 heavy (non-hydrogen) atoms. The molecular weight excluding hydrogens is 442 g/mol. The number of sulfonamides is 1. The molecule has 0 amide bonds. The monoisotopic (exact) mass is 475 g/mol. The van der Waals surface area contributed by atoms with Gasteiger partial charge >= 0.3 is 0 Å². The molecule has 0 aliphatic carbocycles. The van der Waals surface area contributed by atoms with E-state index >= 15 is 0 Å². The quantitative estimate of drug-likeness (QED) is 0.241. The summed E-state index contributed by atoms with van der Waals surface area (Å²) >= 11 is 0. The average molecular weight is 476 g/mol. The summed E-state index contributed by atoms with van der Waals surface area (Å²) in [5, 5.41) is 7.78. The van der Waals surface area contributed by atoms with Gasteiger partial charge in [0.05, 0.1) is 4.90 Å². The topological polar surface area (TPSA) is 75.4 Å². The molecule has 0 saturated carbocycles. The van der Waals surface area contributed by atoms with Crippen LogP contribution in [0.3, 0.4) is 0 Å². The molecule has 4 aromatic carbocycles. The van der Waals surface area contributed by atoms with Crippen molar-refractivity contribution in [1.29, 1.82) is 0 Å². The van der Waals surface area contributed by atoms with Gasteiger partial charge in [0.1, 0.15) is 0 Å². The lowest BCUT2D eigenvalue weighted by Crippen LogP contribution is -2.37. The van der Waals surface area contributed by atoms with Crippen LogP contribution < -0.4 is 11.1 Å². The largest absolute Gasteiger partial charge is 0.330 e. The van der Waals surface area contributed by atoms with Gasteiger partial charge in [0.25, 0.3) is 0 Å². The Morgan fingerprint density at radius 3 is 2.06 bits per heavy atom. The van der Waals surface area contributed by atoms with E-state index in [2.05, 4.69) is 35.6 Å². The number of fused-ring (bicyclic) bond motifs is 2. The third-order valence-electron chi connectivity index (χ3n) is 6.22. The summed E-state index contributed by atoms with van der Waals surface area (Å²) in [4.78, 5) is 0.325. The van der Waals surface area contributed by atoms with E-state index in [9.17, 15) is 8.42 Å². The van der Waals surface area contributed by atoms with E-state index in [1.165, 1.54) is 0 Å². The molecule has 0 saturated heterocycles. The maximum atomic E-state index is 13.8. The zero-order valence-corrected chi connectivity index (χ0v) is 20.5. The zero-order chi connectivity index (χ0) is 24.0. The molecule has 5 nitrogen and oxygen atoms in total. The lowest BCUT2D eigenvalue weighted by molar-refractivity contribution is 0.401. The van der Waals surface area contributed by atoms with Crippen LogP contribution in [0.2, 0.25) is 0 Å². The number of hydrogen-bond acceptors (Lipinski definition) is 4. The second-order valence-electron chi connectivity index (χ2n) is 8.69. The summed E-state index contributed by atoms with van der Waals surface area (Å²) in [6.45, 7) is 4.73. The summed E-state index contributed by atoms with van der Waals surface area (Å²) in [6.07, 6.45) is 1.94. The molecule has 0 bridgehead atoms. The van der Waals surface area contributed by atoms with Gasteiger partial charge in [-0.05, 0) is 78.2 Å². The molecule has 4 aromatic rings. The number of nitrogens with two attached hydrogens (primary N) is 1. The molecule has 3 N–H and O–H groups in total. The van der Waals surface area contributed by atoms with Crippen molar-refractivity contribution in [2.24, 2.45) is 5.73 Å². The predicted molar refractivity (Wildman–Crippen MR) is 141 cm³/mol. The van der Waals surface area contributed by atoms with Crippen molar-refractivity contribution in [1.82, 2.24) is 9.62 Å². The Bertz CT molecular complexity index is 1300. The average Bonchev–Trinajstić information content (AvgIpc) is 2.85. The van der Waals surface area contributed by atoms with Crippen LogP contribution >= 0.6 is 0 Å². The van der Waals surface area contributed by atoms with E-state index in [4.69, 9.17) is 5.73 Å². The van der Waals surface area contributed by atoms with Gasteiger partial charge in [-0.25, -0.2) is 8.42 Å². The van der Waals surface area contributed by atoms with Crippen molar-refractivity contribution < 1.29 is 8.42 Å². The van der Waals surface area contributed by atoms with Gasteiger partial charge in [-0.3, -0.25) is 0 Å². The molecule has 0 spiro atoms. The van der Waals surface area contributed by atoms with E-state index in [0.29, 0.717) is 31.1 Å². The third-order valence-corrected chi connectivity index (χ3v) is 8.08. The van der Waals surface area contributed by atoms with Gasteiger partial charge in [0.15, 0.2) is 0 Å². The normalized spacial score (nSPS) is 12.1. The van der Waals surface area contributed by atoms with Crippen LogP contribution in [0.5, 0.6) is 0 Å². The fourth-order valence-corrected chi connectivity index (χ4v) is 5.73. The van der Waals surface area contributed by atoms with Crippen molar-refractivity contribution in [3.63, 3.8) is 0 Å². The summed E-state index contributed by atoms with van der Waals surface area (Å²) in [5.74, 6) is 0. The van der Waals surface area contributed by atoms with E-state index in [0.717, 1.165) is 52.1 Å². The van der Waals surface area contributed by atoms with Crippen LogP contribution in [-0.4, -0.2) is 38.9 Å². The van der Waals surface area contributed by atoms with Gasteiger partial charge < -0.3 is 11.1 Å². The highest BCUT2D eigenvalue weighted by molar-refractivity contribution is 7.89. The van der Waals surface area contributed by atoms with Crippen molar-refractivity contribution >= 4 is 31.6 Å². The maximum Gasteiger partial charge on any atom is 0.243 e. The molecular formula is C28H33N3O2S. The van der Waals surface area contributed by atoms with Gasteiger partial charge in [0, 0.05) is 19.6 Å². The number of rotatable bonds is 11. The van der Waals surface area contributed by atoms with E-state index < -0.39 is 10.0 Å². The Balaban J connectivity index is 1.72. The molecule has 4 rings (SSSR count). The van der Waals surface area contributed by atoms with Crippen LogP contribution in [0.25, 0.3) is 21.5 Å². The van der Waals surface area contributed by atoms with Gasteiger partial charge in [0.2, 0.25) is 10.0 Å². The predicted octanol–water partition coefficient (Wildman–Crippen LogP) is 4.82. The Morgan fingerprint density at radius 2 is 1.44 bits per heavy atom. The molecule has 0 heterocycles. The van der Waals surface area contributed by atoms with Gasteiger partial charge in [-0.2, -0.15) is 4.31 Å². The summed E-state index contributed by atoms with van der Waals surface area (Å²) in [7, 11) is -3.68. The molecule has 178 valence electrons. The van der Waals surface area contributed by atoms with E-state index in [1.807, 2.05) is 43.3 Å². The maximum absolute atomic E-state index is 13.8. The first kappa shape index (κ1) is 24.4. The van der Waals surface area contributed by atoms with Crippen LogP contribution in [0, 0.1) is 6.92 Å². The molecule has 0 aromatic heterocycles. The standard InChI is InChI=1S/C28H33N3O2S/c1-22-12-14-25(15-13-22)34(32,33)31(19-18-30-17-7-6-16-29)21-28-26-10-4-2-8-23(26)20-24-9-3-5-11-27(24)28/h2-5,8-15,20,30H,6-7,16-19,21,29H2,1H3. The zero-order valence-electron chi connectivity index (χ0n) is 19.7. The molecule has 6 heteroatoms. The minimum absolute atomic E-state index is 0.308.